The summed E-state index contributed by atoms with van der Waals surface area (Å²) < 4.78 is 1.14. The summed E-state index contributed by atoms with van der Waals surface area (Å²) in [6, 6.07) is 14.5. The summed E-state index contributed by atoms with van der Waals surface area (Å²) in [5.41, 5.74) is 2.38. The SMILES string of the molecule is CCNC(Cc1ccccc1Br)Cc1cccc(Cl)c1Cl. The van der Waals surface area contributed by atoms with Crippen molar-refractivity contribution < 1.29 is 0 Å². The molecule has 0 saturated heterocycles. The van der Waals surface area contributed by atoms with Crippen LogP contribution < -0.4 is 5.32 Å². The van der Waals surface area contributed by atoms with Gasteiger partial charge in [-0.1, -0.05) is 76.4 Å². The van der Waals surface area contributed by atoms with Crippen LogP contribution in [-0.4, -0.2) is 12.6 Å². The number of halogens is 3. The van der Waals surface area contributed by atoms with Crippen LogP contribution in [0.25, 0.3) is 0 Å². The average Bonchev–Trinajstić information content (AvgIpc) is 2.46. The molecule has 21 heavy (non-hydrogen) atoms. The molecule has 0 aromatic heterocycles. The molecule has 0 spiro atoms. The highest BCUT2D eigenvalue weighted by atomic mass is 79.9. The fourth-order valence-electron chi connectivity index (χ4n) is 2.41. The Hall–Kier alpha value is -0.540. The zero-order chi connectivity index (χ0) is 15.2. The summed E-state index contributed by atoms with van der Waals surface area (Å²) in [6.45, 7) is 3.04. The molecule has 0 aliphatic rings. The summed E-state index contributed by atoms with van der Waals surface area (Å²) in [6.07, 6.45) is 1.80. The van der Waals surface area contributed by atoms with Crippen LogP contribution in [0.2, 0.25) is 10.0 Å². The highest BCUT2D eigenvalue weighted by molar-refractivity contribution is 9.10. The van der Waals surface area contributed by atoms with Crippen LogP contribution in [0.5, 0.6) is 0 Å². The van der Waals surface area contributed by atoms with E-state index in [0.29, 0.717) is 16.1 Å². The van der Waals surface area contributed by atoms with Crippen LogP contribution in [0.1, 0.15) is 18.1 Å². The van der Waals surface area contributed by atoms with Gasteiger partial charge in [0.05, 0.1) is 10.0 Å². The van der Waals surface area contributed by atoms with Gasteiger partial charge in [-0.2, -0.15) is 0 Å². The molecule has 0 saturated carbocycles. The minimum absolute atomic E-state index is 0.324. The Morgan fingerprint density at radius 3 is 2.38 bits per heavy atom. The quantitative estimate of drug-likeness (QED) is 0.689. The Morgan fingerprint density at radius 1 is 1.00 bits per heavy atom. The lowest BCUT2D eigenvalue weighted by Crippen LogP contribution is -2.33. The van der Waals surface area contributed by atoms with Crippen LogP contribution in [0.15, 0.2) is 46.9 Å². The zero-order valence-electron chi connectivity index (χ0n) is 11.9. The predicted molar refractivity (Wildman–Crippen MR) is 95.5 cm³/mol. The topological polar surface area (TPSA) is 12.0 Å². The summed E-state index contributed by atoms with van der Waals surface area (Å²) in [7, 11) is 0. The van der Waals surface area contributed by atoms with E-state index in [1.807, 2.05) is 24.3 Å². The minimum atomic E-state index is 0.324. The zero-order valence-corrected chi connectivity index (χ0v) is 15.0. The molecule has 1 unspecified atom stereocenters. The molecule has 4 heteroatoms. The Kier molecular flexibility index (Phi) is 6.56. The van der Waals surface area contributed by atoms with Gasteiger partial charge >= 0.3 is 0 Å². The van der Waals surface area contributed by atoms with E-state index in [9.17, 15) is 0 Å². The molecule has 0 aliphatic carbocycles. The van der Waals surface area contributed by atoms with Crippen LogP contribution in [0.3, 0.4) is 0 Å². The van der Waals surface area contributed by atoms with E-state index in [2.05, 4.69) is 46.4 Å². The van der Waals surface area contributed by atoms with Gasteiger partial charge in [-0.25, -0.2) is 0 Å². The number of likely N-dealkylation sites (N-methyl/N-ethyl adjacent to an activating group) is 1. The highest BCUT2D eigenvalue weighted by Gasteiger charge is 2.14. The minimum Gasteiger partial charge on any atom is -0.314 e. The monoisotopic (exact) mass is 385 g/mol. The van der Waals surface area contributed by atoms with Gasteiger partial charge in [0.25, 0.3) is 0 Å². The summed E-state index contributed by atoms with van der Waals surface area (Å²) in [5.74, 6) is 0. The molecule has 0 amide bonds. The molecule has 1 N–H and O–H groups in total. The van der Waals surface area contributed by atoms with Crippen molar-refractivity contribution in [2.24, 2.45) is 0 Å². The number of nitrogens with one attached hydrogen (secondary N) is 1. The van der Waals surface area contributed by atoms with Gasteiger partial charge in [-0.05, 0) is 42.6 Å². The summed E-state index contributed by atoms with van der Waals surface area (Å²) >= 11 is 16.0. The van der Waals surface area contributed by atoms with Crippen LogP contribution in [0, 0.1) is 0 Å². The maximum atomic E-state index is 6.30. The first-order valence-electron chi connectivity index (χ1n) is 7.01. The molecule has 1 nitrogen and oxygen atoms in total. The van der Waals surface area contributed by atoms with E-state index in [1.54, 1.807) is 0 Å². The molecule has 0 heterocycles. The number of benzene rings is 2. The second kappa shape index (κ2) is 8.19. The van der Waals surface area contributed by atoms with E-state index in [4.69, 9.17) is 23.2 Å². The fourth-order valence-corrected chi connectivity index (χ4v) is 3.25. The van der Waals surface area contributed by atoms with Gasteiger partial charge < -0.3 is 5.32 Å². The van der Waals surface area contributed by atoms with Gasteiger partial charge in [0.2, 0.25) is 0 Å². The van der Waals surface area contributed by atoms with E-state index >= 15 is 0 Å². The average molecular weight is 387 g/mol. The summed E-state index contributed by atoms with van der Waals surface area (Å²) in [4.78, 5) is 0. The van der Waals surface area contributed by atoms with Crippen molar-refractivity contribution in [2.45, 2.75) is 25.8 Å². The second-order valence-corrected chi connectivity index (χ2v) is 6.61. The Bertz CT molecular complexity index is 601. The van der Waals surface area contributed by atoms with Gasteiger partial charge in [0, 0.05) is 10.5 Å². The van der Waals surface area contributed by atoms with E-state index < -0.39 is 0 Å². The second-order valence-electron chi connectivity index (χ2n) is 4.97. The van der Waals surface area contributed by atoms with Crippen molar-refractivity contribution in [3.63, 3.8) is 0 Å². The first-order chi connectivity index (χ1) is 10.1. The predicted octanol–water partition coefficient (Wildman–Crippen LogP) is 5.52. The Morgan fingerprint density at radius 2 is 1.67 bits per heavy atom. The molecule has 2 aromatic rings. The van der Waals surface area contributed by atoms with E-state index in [0.717, 1.165) is 29.4 Å². The fraction of sp³-hybridized carbons (Fsp3) is 0.294. The highest BCUT2D eigenvalue weighted by Crippen LogP contribution is 2.27. The maximum Gasteiger partial charge on any atom is 0.0624 e. The molecule has 2 aromatic carbocycles. The number of hydrogen-bond donors (Lipinski definition) is 1. The largest absolute Gasteiger partial charge is 0.314 e. The van der Waals surface area contributed by atoms with Crippen molar-refractivity contribution in [2.75, 3.05) is 6.54 Å². The molecule has 112 valence electrons. The van der Waals surface area contributed by atoms with Gasteiger partial charge in [0.15, 0.2) is 0 Å². The lowest BCUT2D eigenvalue weighted by Gasteiger charge is -2.20. The Labute approximate surface area is 144 Å². The van der Waals surface area contributed by atoms with Crippen LogP contribution in [0.4, 0.5) is 0 Å². The van der Waals surface area contributed by atoms with Crippen molar-refractivity contribution in [3.8, 4) is 0 Å². The molecule has 1 atom stereocenters. The van der Waals surface area contributed by atoms with Crippen molar-refractivity contribution >= 4 is 39.1 Å². The van der Waals surface area contributed by atoms with Crippen molar-refractivity contribution in [1.29, 1.82) is 0 Å². The standard InChI is InChI=1S/C17H18BrCl2N/c1-2-21-14(10-12-6-3-4-8-15(12)18)11-13-7-5-9-16(19)17(13)20/h3-9,14,21H,2,10-11H2,1H3. The number of hydrogen-bond acceptors (Lipinski definition) is 1. The van der Waals surface area contributed by atoms with Gasteiger partial charge in [0.1, 0.15) is 0 Å². The molecule has 0 bridgehead atoms. The molecule has 2 rings (SSSR count). The number of rotatable bonds is 6. The molecule has 0 radical (unpaired) electrons. The van der Waals surface area contributed by atoms with Crippen LogP contribution >= 0.6 is 39.1 Å². The first kappa shape index (κ1) is 16.8. The van der Waals surface area contributed by atoms with Gasteiger partial charge in [-0.15, -0.1) is 0 Å². The third-order valence-electron chi connectivity index (χ3n) is 3.41. The third-order valence-corrected chi connectivity index (χ3v) is 5.05. The molecule has 0 fully saturated rings. The Balaban J connectivity index is 2.16. The van der Waals surface area contributed by atoms with Gasteiger partial charge in [-0.3, -0.25) is 0 Å². The molecular formula is C17H18BrCl2N. The summed E-state index contributed by atoms with van der Waals surface area (Å²) in [5, 5.41) is 4.81. The molecular weight excluding hydrogens is 369 g/mol. The van der Waals surface area contributed by atoms with Crippen LogP contribution in [-0.2, 0) is 12.8 Å². The third kappa shape index (κ3) is 4.72. The lowest BCUT2D eigenvalue weighted by molar-refractivity contribution is 0.521. The smallest absolute Gasteiger partial charge is 0.0624 e. The van der Waals surface area contributed by atoms with Crippen molar-refractivity contribution in [1.82, 2.24) is 5.32 Å². The lowest BCUT2D eigenvalue weighted by atomic mass is 9.99. The normalized spacial score (nSPS) is 12.4. The van der Waals surface area contributed by atoms with Crippen molar-refractivity contribution in [3.05, 3.63) is 68.1 Å². The first-order valence-corrected chi connectivity index (χ1v) is 8.56. The molecule has 0 aliphatic heterocycles. The maximum absolute atomic E-state index is 6.30. The van der Waals surface area contributed by atoms with E-state index in [1.165, 1.54) is 5.56 Å². The van der Waals surface area contributed by atoms with E-state index in [-0.39, 0.29) is 0 Å².